The second-order valence-electron chi connectivity index (χ2n) is 6.54. The van der Waals surface area contributed by atoms with Gasteiger partial charge in [-0.1, -0.05) is 0 Å². The Hall–Kier alpha value is -1.82. The van der Waals surface area contributed by atoms with Crippen LogP contribution in [0.4, 0.5) is 5.69 Å². The molecule has 0 bridgehead atoms. The van der Waals surface area contributed by atoms with Crippen LogP contribution in [0.25, 0.3) is 0 Å². The molecule has 2 heteroatoms. The summed E-state index contributed by atoms with van der Waals surface area (Å²) in [6.07, 6.45) is 0. The van der Waals surface area contributed by atoms with Gasteiger partial charge in [-0.3, -0.25) is 0 Å². The molecule has 0 amide bonds. The Bertz CT molecular complexity index is 721. The molecular weight excluding hydrogens is 341 g/mol. The van der Waals surface area contributed by atoms with Gasteiger partial charge in [0.2, 0.25) is 0 Å². The van der Waals surface area contributed by atoms with Crippen molar-refractivity contribution >= 4 is 33.4 Å². The molecule has 0 N–H and O–H groups in total. The third-order valence-corrected chi connectivity index (χ3v) is 8.98. The summed E-state index contributed by atoms with van der Waals surface area (Å²) in [7, 11) is 6.67. The molecular formula is C21H23AsN+. The van der Waals surface area contributed by atoms with Crippen molar-refractivity contribution in [3.63, 3.8) is 0 Å². The zero-order valence-corrected chi connectivity index (χ0v) is 15.9. The molecule has 0 aliphatic carbocycles. The third kappa shape index (κ3) is 3.75. The molecule has 0 saturated heterocycles. The molecule has 23 heavy (non-hydrogen) atoms. The number of benzene rings is 3. The Morgan fingerprint density at radius 1 is 0.565 bits per heavy atom. The van der Waals surface area contributed by atoms with Crippen molar-refractivity contribution in [1.82, 2.24) is 4.48 Å². The van der Waals surface area contributed by atoms with Gasteiger partial charge in [-0.15, -0.1) is 0 Å². The molecule has 0 aliphatic rings. The van der Waals surface area contributed by atoms with Gasteiger partial charge in [0, 0.05) is 0 Å². The van der Waals surface area contributed by atoms with Gasteiger partial charge in [0.1, 0.15) is 0 Å². The zero-order chi connectivity index (χ0) is 16.3. The molecule has 0 fully saturated rings. The predicted octanol–water partition coefficient (Wildman–Crippen LogP) is 2.40. The van der Waals surface area contributed by atoms with Crippen LogP contribution in [0.1, 0.15) is 0 Å². The maximum absolute atomic E-state index is 2.40. The summed E-state index contributed by atoms with van der Waals surface area (Å²) in [6.45, 7) is 0. The summed E-state index contributed by atoms with van der Waals surface area (Å²) in [4.78, 5) is 0. The summed E-state index contributed by atoms with van der Waals surface area (Å²) in [5, 5.41) is 0. The van der Waals surface area contributed by atoms with Gasteiger partial charge in [-0.05, 0) is 0 Å². The normalized spacial score (nSPS) is 11.7. The molecule has 0 spiro atoms. The molecule has 116 valence electrons. The van der Waals surface area contributed by atoms with Crippen LogP contribution in [0, 0.1) is 0 Å². The number of nitrogens with zero attached hydrogens (tertiary/aromatic N) is 1. The first kappa shape index (κ1) is 16.1. The number of quaternary nitrogens is 1. The van der Waals surface area contributed by atoms with Crippen LogP contribution < -0.4 is 17.5 Å². The SMILES string of the molecule is C[N+](C)(C)c1cccc([As](c2ccccc2)c2ccccc2)c1. The number of hydrogen-bond acceptors (Lipinski definition) is 0. The first-order valence-electron chi connectivity index (χ1n) is 7.88. The van der Waals surface area contributed by atoms with Crippen molar-refractivity contribution < 1.29 is 0 Å². The van der Waals surface area contributed by atoms with E-state index in [1.54, 1.807) is 0 Å². The van der Waals surface area contributed by atoms with E-state index in [1.165, 1.54) is 18.7 Å². The Labute approximate surface area is 144 Å². The van der Waals surface area contributed by atoms with Gasteiger partial charge in [-0.2, -0.15) is 0 Å². The van der Waals surface area contributed by atoms with E-state index in [-0.39, 0.29) is 0 Å². The summed E-state index contributed by atoms with van der Waals surface area (Å²) >= 11 is -1.50. The van der Waals surface area contributed by atoms with E-state index < -0.39 is 14.7 Å². The third-order valence-electron chi connectivity index (χ3n) is 3.89. The van der Waals surface area contributed by atoms with Gasteiger partial charge in [0.25, 0.3) is 0 Å². The molecule has 0 heterocycles. The molecule has 3 aromatic carbocycles. The second-order valence-corrected chi connectivity index (χ2v) is 11.2. The molecule has 0 unspecified atom stereocenters. The van der Waals surface area contributed by atoms with Gasteiger partial charge >= 0.3 is 144 Å². The monoisotopic (exact) mass is 364 g/mol. The quantitative estimate of drug-likeness (QED) is 0.493. The first-order chi connectivity index (χ1) is 11.1. The van der Waals surface area contributed by atoms with Gasteiger partial charge < -0.3 is 0 Å². The van der Waals surface area contributed by atoms with E-state index >= 15 is 0 Å². The van der Waals surface area contributed by atoms with Crippen LogP contribution in [0.5, 0.6) is 0 Å². The summed E-state index contributed by atoms with van der Waals surface area (Å²) < 4.78 is 5.29. The Morgan fingerprint density at radius 2 is 1.04 bits per heavy atom. The van der Waals surface area contributed by atoms with Crippen LogP contribution in [0.15, 0.2) is 84.9 Å². The van der Waals surface area contributed by atoms with Gasteiger partial charge in [0.15, 0.2) is 0 Å². The van der Waals surface area contributed by atoms with E-state index in [0.29, 0.717) is 0 Å². The van der Waals surface area contributed by atoms with E-state index in [9.17, 15) is 0 Å². The number of rotatable bonds is 4. The molecule has 0 aliphatic heterocycles. The maximum atomic E-state index is 2.40. The fourth-order valence-corrected chi connectivity index (χ4v) is 7.54. The fourth-order valence-electron chi connectivity index (χ4n) is 2.65. The summed E-state index contributed by atoms with van der Waals surface area (Å²) in [5.74, 6) is 0. The van der Waals surface area contributed by atoms with E-state index in [1.807, 2.05) is 0 Å². The first-order valence-corrected chi connectivity index (χ1v) is 10.7. The fraction of sp³-hybridized carbons (Fsp3) is 0.143. The minimum absolute atomic E-state index is 0.847. The van der Waals surface area contributed by atoms with Crippen LogP contribution in [0.3, 0.4) is 0 Å². The van der Waals surface area contributed by atoms with Crippen LogP contribution >= 0.6 is 0 Å². The molecule has 3 aromatic rings. The average Bonchev–Trinajstić information content (AvgIpc) is 2.57. The molecule has 0 radical (unpaired) electrons. The standard InChI is InChI=1S/C21H23AsN/c1-23(2,3)21-16-10-15-20(17-21)22(18-11-6-4-7-12-18)19-13-8-5-9-14-19/h4-17H,1-3H3/q+1. The topological polar surface area (TPSA) is 0 Å². The minimum atomic E-state index is -1.50. The van der Waals surface area contributed by atoms with Crippen molar-refractivity contribution in [2.24, 2.45) is 0 Å². The van der Waals surface area contributed by atoms with E-state index in [0.717, 1.165) is 4.48 Å². The molecule has 0 saturated carbocycles. The van der Waals surface area contributed by atoms with Crippen molar-refractivity contribution in [1.29, 1.82) is 0 Å². The van der Waals surface area contributed by atoms with Crippen molar-refractivity contribution in [3.05, 3.63) is 84.9 Å². The van der Waals surface area contributed by atoms with E-state index in [4.69, 9.17) is 0 Å². The van der Waals surface area contributed by atoms with E-state index in [2.05, 4.69) is 106 Å². The Balaban J connectivity index is 2.14. The summed E-state index contributed by atoms with van der Waals surface area (Å²) in [5.41, 5.74) is 1.36. The molecule has 0 atom stereocenters. The zero-order valence-electron chi connectivity index (χ0n) is 14.0. The van der Waals surface area contributed by atoms with Gasteiger partial charge in [0.05, 0.1) is 0 Å². The molecule has 0 aromatic heterocycles. The van der Waals surface area contributed by atoms with Crippen molar-refractivity contribution in [2.45, 2.75) is 0 Å². The van der Waals surface area contributed by atoms with Crippen molar-refractivity contribution in [2.75, 3.05) is 21.1 Å². The van der Waals surface area contributed by atoms with Crippen LogP contribution in [0.2, 0.25) is 0 Å². The van der Waals surface area contributed by atoms with Crippen LogP contribution in [-0.2, 0) is 0 Å². The van der Waals surface area contributed by atoms with Gasteiger partial charge in [-0.25, -0.2) is 0 Å². The number of hydrogen-bond donors (Lipinski definition) is 0. The molecule has 1 nitrogen and oxygen atoms in total. The Morgan fingerprint density at radius 3 is 1.52 bits per heavy atom. The predicted molar refractivity (Wildman–Crippen MR) is 104 cm³/mol. The second kappa shape index (κ2) is 6.74. The Kier molecular flexibility index (Phi) is 4.71. The van der Waals surface area contributed by atoms with Crippen LogP contribution in [-0.4, -0.2) is 35.8 Å². The average molecular weight is 364 g/mol. The van der Waals surface area contributed by atoms with Crippen molar-refractivity contribution in [3.8, 4) is 0 Å². The molecule has 3 rings (SSSR count). The summed E-state index contributed by atoms with van der Waals surface area (Å²) in [6, 6.07) is 31.1.